The highest BCUT2D eigenvalue weighted by molar-refractivity contribution is 8.02. The summed E-state index contributed by atoms with van der Waals surface area (Å²) in [6.45, 7) is 1.60. The molecule has 0 saturated carbocycles. The third-order valence-electron chi connectivity index (χ3n) is 2.94. The van der Waals surface area contributed by atoms with Crippen molar-refractivity contribution < 1.29 is 18.3 Å². The predicted octanol–water partition coefficient (Wildman–Crippen LogP) is 4.08. The zero-order valence-corrected chi connectivity index (χ0v) is 15.3. The van der Waals surface area contributed by atoms with Gasteiger partial charge in [-0.25, -0.2) is 0 Å². The molecule has 2 aromatic rings. The van der Waals surface area contributed by atoms with Crippen LogP contribution in [0.15, 0.2) is 28.6 Å². The smallest absolute Gasteiger partial charge is 0.387 e. The highest BCUT2D eigenvalue weighted by Crippen LogP contribution is 2.31. The number of thioether (sulfide) groups is 1. The van der Waals surface area contributed by atoms with Gasteiger partial charge in [0.2, 0.25) is 11.0 Å². The Bertz CT molecular complexity index is 700. The van der Waals surface area contributed by atoms with Crippen molar-refractivity contribution in [1.29, 1.82) is 0 Å². The first kappa shape index (κ1) is 19.4. The van der Waals surface area contributed by atoms with E-state index in [0.29, 0.717) is 9.47 Å². The zero-order chi connectivity index (χ0) is 18.2. The van der Waals surface area contributed by atoms with E-state index < -0.39 is 11.9 Å². The van der Waals surface area contributed by atoms with Gasteiger partial charge in [0.05, 0.1) is 10.9 Å². The summed E-state index contributed by atoms with van der Waals surface area (Å²) in [5.41, 5.74) is 0.197. The summed E-state index contributed by atoms with van der Waals surface area (Å²) >= 11 is 2.61. The molecule has 2 N–H and O–H groups in total. The molecule has 1 atom stereocenters. The van der Waals surface area contributed by atoms with Crippen molar-refractivity contribution >= 4 is 39.8 Å². The van der Waals surface area contributed by atoms with Crippen molar-refractivity contribution in [2.45, 2.75) is 36.5 Å². The van der Waals surface area contributed by atoms with Gasteiger partial charge in [0.15, 0.2) is 4.34 Å². The first-order valence-corrected chi connectivity index (χ1v) is 9.28. The summed E-state index contributed by atoms with van der Waals surface area (Å²) in [5, 5.41) is 14.0. The number of ether oxygens (including phenoxy) is 1. The van der Waals surface area contributed by atoms with E-state index in [2.05, 4.69) is 25.6 Å². The number of benzene rings is 1. The SMILES string of the molecule is CCCNc1nnc(SC(C)C(=O)Nc2ccccc2OC(F)F)s1. The summed E-state index contributed by atoms with van der Waals surface area (Å²) in [7, 11) is 0. The molecule has 0 aliphatic carbocycles. The van der Waals surface area contributed by atoms with Gasteiger partial charge in [-0.15, -0.1) is 10.2 Å². The molecular formula is C15H18F2N4O2S2. The van der Waals surface area contributed by atoms with Gasteiger partial charge in [-0.3, -0.25) is 4.79 Å². The van der Waals surface area contributed by atoms with E-state index >= 15 is 0 Å². The minimum atomic E-state index is -2.96. The third-order valence-corrected chi connectivity index (χ3v) is 5.01. The lowest BCUT2D eigenvalue weighted by atomic mass is 10.3. The van der Waals surface area contributed by atoms with Crippen LogP contribution in [0.25, 0.3) is 0 Å². The number of nitrogens with one attached hydrogen (secondary N) is 2. The summed E-state index contributed by atoms with van der Waals surface area (Å²) in [5.74, 6) is -0.418. The lowest BCUT2D eigenvalue weighted by Crippen LogP contribution is -2.23. The van der Waals surface area contributed by atoms with E-state index in [1.165, 1.54) is 35.2 Å². The fourth-order valence-corrected chi connectivity index (χ4v) is 3.69. The van der Waals surface area contributed by atoms with Crippen LogP contribution in [0, 0.1) is 0 Å². The maximum absolute atomic E-state index is 12.4. The van der Waals surface area contributed by atoms with Crippen molar-refractivity contribution in [3.63, 3.8) is 0 Å². The molecule has 0 aliphatic rings. The summed E-state index contributed by atoms with van der Waals surface area (Å²) in [6, 6.07) is 6.06. The van der Waals surface area contributed by atoms with Gasteiger partial charge in [-0.2, -0.15) is 8.78 Å². The van der Waals surface area contributed by atoms with Crippen molar-refractivity contribution in [2.24, 2.45) is 0 Å². The van der Waals surface area contributed by atoms with Crippen LogP contribution in [0.2, 0.25) is 0 Å². The molecule has 10 heteroatoms. The van der Waals surface area contributed by atoms with Crippen molar-refractivity contribution in [1.82, 2.24) is 10.2 Å². The van der Waals surface area contributed by atoms with E-state index in [0.717, 1.165) is 13.0 Å². The van der Waals surface area contributed by atoms with Gasteiger partial charge < -0.3 is 15.4 Å². The predicted molar refractivity (Wildman–Crippen MR) is 95.7 cm³/mol. The fraction of sp³-hybridized carbons (Fsp3) is 0.400. The van der Waals surface area contributed by atoms with Crippen molar-refractivity contribution in [3.05, 3.63) is 24.3 Å². The standard InChI is InChI=1S/C15H18F2N4O2S2/c1-3-8-18-14-20-21-15(25-14)24-9(2)12(22)19-10-6-4-5-7-11(10)23-13(16)17/h4-7,9,13H,3,8H2,1-2H3,(H,18,20)(H,19,22). The van der Waals surface area contributed by atoms with Gasteiger partial charge in [0.1, 0.15) is 5.75 Å². The molecular weight excluding hydrogens is 370 g/mol. The largest absolute Gasteiger partial charge is 0.433 e. The number of para-hydroxylation sites is 2. The number of rotatable bonds is 9. The molecule has 0 radical (unpaired) electrons. The number of hydrogen-bond donors (Lipinski definition) is 2. The molecule has 0 bridgehead atoms. The summed E-state index contributed by atoms with van der Waals surface area (Å²) in [6.07, 6.45) is 0.973. The van der Waals surface area contributed by atoms with Crippen LogP contribution in [0.3, 0.4) is 0 Å². The van der Waals surface area contributed by atoms with E-state index in [1.807, 2.05) is 6.92 Å². The fourth-order valence-electron chi connectivity index (χ4n) is 1.77. The Morgan fingerprint density at radius 1 is 1.36 bits per heavy atom. The quantitative estimate of drug-likeness (QED) is 0.631. The average molecular weight is 388 g/mol. The molecule has 25 heavy (non-hydrogen) atoms. The van der Waals surface area contributed by atoms with Gasteiger partial charge in [-0.05, 0) is 25.5 Å². The second-order valence-corrected chi connectivity index (χ2v) is 7.49. The number of alkyl halides is 2. The van der Waals surface area contributed by atoms with E-state index in [4.69, 9.17) is 0 Å². The van der Waals surface area contributed by atoms with E-state index in [9.17, 15) is 13.6 Å². The highest BCUT2D eigenvalue weighted by Gasteiger charge is 2.19. The molecule has 1 unspecified atom stereocenters. The number of carbonyl (C=O) groups is 1. The van der Waals surface area contributed by atoms with Gasteiger partial charge in [0, 0.05) is 6.54 Å². The summed E-state index contributed by atoms with van der Waals surface area (Å²) < 4.78 is 29.9. The van der Waals surface area contributed by atoms with E-state index in [-0.39, 0.29) is 17.3 Å². The average Bonchev–Trinajstić information content (AvgIpc) is 3.01. The van der Waals surface area contributed by atoms with Crippen molar-refractivity contribution in [2.75, 3.05) is 17.2 Å². The van der Waals surface area contributed by atoms with Gasteiger partial charge in [0.25, 0.3) is 0 Å². The second kappa shape index (κ2) is 9.52. The summed E-state index contributed by atoms with van der Waals surface area (Å²) in [4.78, 5) is 12.3. The molecule has 1 aromatic heterocycles. The topological polar surface area (TPSA) is 76.1 Å². The second-order valence-electron chi connectivity index (χ2n) is 4.92. The number of amides is 1. The Morgan fingerprint density at radius 2 is 2.12 bits per heavy atom. The molecule has 0 aliphatic heterocycles. The van der Waals surface area contributed by atoms with Crippen LogP contribution in [-0.4, -0.2) is 34.5 Å². The molecule has 136 valence electrons. The molecule has 6 nitrogen and oxygen atoms in total. The Morgan fingerprint density at radius 3 is 2.84 bits per heavy atom. The van der Waals surface area contributed by atoms with Crippen LogP contribution < -0.4 is 15.4 Å². The van der Waals surface area contributed by atoms with Crippen LogP contribution >= 0.6 is 23.1 Å². The minimum Gasteiger partial charge on any atom is -0.433 e. The minimum absolute atomic E-state index is 0.0787. The Kier molecular flexibility index (Phi) is 7.38. The number of anilines is 2. The number of halogens is 2. The molecule has 0 saturated heterocycles. The molecule has 2 rings (SSSR count). The van der Waals surface area contributed by atoms with Crippen LogP contribution in [0.4, 0.5) is 19.6 Å². The van der Waals surface area contributed by atoms with Crippen LogP contribution in [-0.2, 0) is 4.79 Å². The maximum Gasteiger partial charge on any atom is 0.387 e. The lowest BCUT2D eigenvalue weighted by Gasteiger charge is -2.14. The van der Waals surface area contributed by atoms with Gasteiger partial charge >= 0.3 is 6.61 Å². The number of nitrogens with zero attached hydrogens (tertiary/aromatic N) is 2. The molecule has 0 spiro atoms. The zero-order valence-electron chi connectivity index (χ0n) is 13.7. The van der Waals surface area contributed by atoms with E-state index in [1.54, 1.807) is 19.1 Å². The van der Waals surface area contributed by atoms with Crippen molar-refractivity contribution in [3.8, 4) is 5.75 Å². The molecule has 0 fully saturated rings. The van der Waals surface area contributed by atoms with Crippen LogP contribution in [0.1, 0.15) is 20.3 Å². The normalized spacial score (nSPS) is 12.0. The molecule has 1 heterocycles. The monoisotopic (exact) mass is 388 g/mol. The first-order chi connectivity index (χ1) is 12.0. The molecule has 1 amide bonds. The number of carbonyl (C=O) groups excluding carboxylic acids is 1. The lowest BCUT2D eigenvalue weighted by molar-refractivity contribution is -0.115. The third kappa shape index (κ3) is 6.13. The first-order valence-electron chi connectivity index (χ1n) is 7.58. The Balaban J connectivity index is 1.95. The maximum atomic E-state index is 12.4. The Labute approximate surface area is 152 Å². The van der Waals surface area contributed by atoms with Gasteiger partial charge in [-0.1, -0.05) is 42.2 Å². The highest BCUT2D eigenvalue weighted by atomic mass is 32.2. The van der Waals surface area contributed by atoms with Crippen LogP contribution in [0.5, 0.6) is 5.75 Å². The molecule has 1 aromatic carbocycles. The number of aromatic nitrogens is 2. The number of hydrogen-bond acceptors (Lipinski definition) is 7. The Hall–Kier alpha value is -1.94.